The number of anilines is 1. The molecule has 0 aliphatic carbocycles. The van der Waals surface area contributed by atoms with Crippen LogP contribution >= 0.6 is 23.2 Å². The smallest absolute Gasteiger partial charge is 0.307 e. The first-order chi connectivity index (χ1) is 12.3. The van der Waals surface area contributed by atoms with Gasteiger partial charge in [0.25, 0.3) is 5.91 Å². The average molecular weight is 415 g/mol. The van der Waals surface area contributed by atoms with E-state index in [1.807, 2.05) is 0 Å². The van der Waals surface area contributed by atoms with E-state index in [0.29, 0.717) is 27.5 Å². The predicted octanol–water partition coefficient (Wildman–Crippen LogP) is 3.57. The SMILES string of the molecule is O=C(c1ccc(Cl)cc1Cl)N1CC/C(=N\OS(=O)(=O)O)c2ccccc21. The first-order valence-electron chi connectivity index (χ1n) is 7.35. The number of hydrogen-bond acceptors (Lipinski definition) is 5. The third-order valence-electron chi connectivity index (χ3n) is 3.73. The molecule has 0 saturated carbocycles. The topological polar surface area (TPSA) is 96.3 Å². The number of halogens is 2. The molecule has 1 N–H and O–H groups in total. The summed E-state index contributed by atoms with van der Waals surface area (Å²) in [6.07, 6.45) is 0.226. The Kier molecular flexibility index (Phi) is 5.19. The second-order valence-electron chi connectivity index (χ2n) is 5.39. The normalized spacial score (nSPS) is 15.7. The van der Waals surface area contributed by atoms with Crippen molar-refractivity contribution in [1.82, 2.24) is 0 Å². The van der Waals surface area contributed by atoms with Crippen LogP contribution in [0.25, 0.3) is 0 Å². The van der Waals surface area contributed by atoms with Gasteiger partial charge in [0.05, 0.1) is 22.0 Å². The maximum Gasteiger partial charge on any atom is 0.466 e. The fraction of sp³-hybridized carbons (Fsp3) is 0.125. The van der Waals surface area contributed by atoms with Crippen molar-refractivity contribution >= 4 is 50.9 Å². The van der Waals surface area contributed by atoms with Crippen LogP contribution in [0, 0.1) is 0 Å². The van der Waals surface area contributed by atoms with E-state index in [0.717, 1.165) is 0 Å². The Morgan fingerprint density at radius 2 is 1.92 bits per heavy atom. The van der Waals surface area contributed by atoms with E-state index >= 15 is 0 Å². The number of carbonyl (C=O) groups is 1. The van der Waals surface area contributed by atoms with Gasteiger partial charge in [-0.1, -0.05) is 46.6 Å². The number of fused-ring (bicyclic) bond motifs is 1. The summed E-state index contributed by atoms with van der Waals surface area (Å²) in [5.41, 5.74) is 1.62. The molecule has 1 aliphatic heterocycles. The Morgan fingerprint density at radius 1 is 1.19 bits per heavy atom. The molecule has 1 heterocycles. The summed E-state index contributed by atoms with van der Waals surface area (Å²) >= 11 is 12.0. The number of carbonyl (C=O) groups excluding carboxylic acids is 1. The third kappa shape index (κ3) is 3.99. The molecule has 1 aliphatic rings. The Hall–Kier alpha value is -2.13. The maximum atomic E-state index is 12.9. The largest absolute Gasteiger partial charge is 0.466 e. The highest BCUT2D eigenvalue weighted by Gasteiger charge is 2.28. The number of para-hydroxylation sites is 1. The molecule has 3 rings (SSSR count). The van der Waals surface area contributed by atoms with Crippen LogP contribution in [0.15, 0.2) is 47.6 Å². The lowest BCUT2D eigenvalue weighted by atomic mass is 9.99. The summed E-state index contributed by atoms with van der Waals surface area (Å²) < 4.78 is 34.3. The van der Waals surface area contributed by atoms with Crippen LogP contribution < -0.4 is 4.90 Å². The molecule has 0 bridgehead atoms. The molecule has 1 amide bonds. The molecule has 0 atom stereocenters. The molecule has 0 radical (unpaired) electrons. The first kappa shape index (κ1) is 18.7. The Labute approximate surface area is 159 Å². The fourth-order valence-corrected chi connectivity index (χ4v) is 3.31. The monoisotopic (exact) mass is 414 g/mol. The molecule has 26 heavy (non-hydrogen) atoms. The van der Waals surface area contributed by atoms with Crippen molar-refractivity contribution in [3.8, 4) is 0 Å². The lowest BCUT2D eigenvalue weighted by Gasteiger charge is -2.30. The van der Waals surface area contributed by atoms with Crippen LogP contribution in [0.2, 0.25) is 10.0 Å². The fourth-order valence-electron chi connectivity index (χ4n) is 2.63. The molecular weight excluding hydrogens is 403 g/mol. The number of oxime groups is 1. The molecule has 0 saturated heterocycles. The van der Waals surface area contributed by atoms with Crippen molar-refractivity contribution in [2.75, 3.05) is 11.4 Å². The average Bonchev–Trinajstić information content (AvgIpc) is 2.58. The molecule has 0 fully saturated rings. The number of amides is 1. The zero-order chi connectivity index (χ0) is 18.9. The summed E-state index contributed by atoms with van der Waals surface area (Å²) in [5.74, 6) is -0.325. The third-order valence-corrected chi connectivity index (χ3v) is 4.54. The van der Waals surface area contributed by atoms with Gasteiger partial charge in [0.2, 0.25) is 0 Å². The zero-order valence-corrected chi connectivity index (χ0v) is 15.4. The molecule has 2 aromatic carbocycles. The molecule has 0 unspecified atom stereocenters. The van der Waals surface area contributed by atoms with Crippen LogP contribution in [0.1, 0.15) is 22.3 Å². The van der Waals surface area contributed by atoms with Crippen LogP contribution in [0.4, 0.5) is 5.69 Å². The van der Waals surface area contributed by atoms with E-state index in [4.69, 9.17) is 27.8 Å². The highest BCUT2D eigenvalue weighted by atomic mass is 35.5. The van der Waals surface area contributed by atoms with Crippen molar-refractivity contribution in [3.05, 3.63) is 63.6 Å². The number of benzene rings is 2. The number of nitrogens with zero attached hydrogens (tertiary/aromatic N) is 2. The van der Waals surface area contributed by atoms with E-state index in [-0.39, 0.29) is 23.9 Å². The van der Waals surface area contributed by atoms with Gasteiger partial charge < -0.3 is 4.90 Å². The van der Waals surface area contributed by atoms with E-state index in [1.165, 1.54) is 11.0 Å². The number of hydrogen-bond donors (Lipinski definition) is 1. The van der Waals surface area contributed by atoms with Gasteiger partial charge in [-0.05, 0) is 24.3 Å². The zero-order valence-electron chi connectivity index (χ0n) is 13.1. The molecule has 136 valence electrons. The molecule has 0 aromatic heterocycles. The van der Waals surface area contributed by atoms with Crippen molar-refractivity contribution in [1.29, 1.82) is 0 Å². The maximum absolute atomic E-state index is 12.9. The van der Waals surface area contributed by atoms with Crippen LogP contribution in [0.3, 0.4) is 0 Å². The molecular formula is C16H12Cl2N2O5S. The van der Waals surface area contributed by atoms with E-state index in [2.05, 4.69) is 9.44 Å². The molecule has 2 aromatic rings. The molecule has 10 heteroatoms. The lowest BCUT2D eigenvalue weighted by Crippen LogP contribution is -2.37. The summed E-state index contributed by atoms with van der Waals surface area (Å²) in [7, 11) is -4.71. The Bertz CT molecular complexity index is 1010. The van der Waals surface area contributed by atoms with Crippen molar-refractivity contribution in [2.45, 2.75) is 6.42 Å². The Balaban J connectivity index is 1.99. The minimum Gasteiger partial charge on any atom is -0.307 e. The van der Waals surface area contributed by atoms with Gasteiger partial charge in [0.1, 0.15) is 0 Å². The minimum absolute atomic E-state index is 0.225. The van der Waals surface area contributed by atoms with Crippen molar-refractivity contribution in [3.63, 3.8) is 0 Å². The van der Waals surface area contributed by atoms with Crippen molar-refractivity contribution in [2.24, 2.45) is 5.16 Å². The number of rotatable bonds is 3. The van der Waals surface area contributed by atoms with Crippen LogP contribution in [0.5, 0.6) is 0 Å². The van der Waals surface area contributed by atoms with E-state index < -0.39 is 10.4 Å². The Morgan fingerprint density at radius 3 is 2.62 bits per heavy atom. The molecule has 0 spiro atoms. The summed E-state index contributed by atoms with van der Waals surface area (Å²) in [5, 5.41) is 4.14. The minimum atomic E-state index is -4.71. The van der Waals surface area contributed by atoms with Gasteiger partial charge in [-0.2, -0.15) is 8.42 Å². The predicted molar refractivity (Wildman–Crippen MR) is 98.4 cm³/mol. The summed E-state index contributed by atoms with van der Waals surface area (Å²) in [6.45, 7) is 0.225. The molecule has 7 nitrogen and oxygen atoms in total. The highest BCUT2D eigenvalue weighted by Crippen LogP contribution is 2.31. The van der Waals surface area contributed by atoms with E-state index in [9.17, 15) is 13.2 Å². The van der Waals surface area contributed by atoms with Gasteiger partial charge in [0, 0.05) is 23.6 Å². The first-order valence-corrected chi connectivity index (χ1v) is 9.47. The van der Waals surface area contributed by atoms with Gasteiger partial charge in [-0.15, -0.1) is 0 Å². The second kappa shape index (κ2) is 7.24. The van der Waals surface area contributed by atoms with Crippen molar-refractivity contribution < 1.29 is 22.0 Å². The van der Waals surface area contributed by atoms with Gasteiger partial charge in [0.15, 0.2) is 0 Å². The highest BCUT2D eigenvalue weighted by molar-refractivity contribution is 7.80. The van der Waals surface area contributed by atoms with Gasteiger partial charge >= 0.3 is 10.4 Å². The van der Waals surface area contributed by atoms with Gasteiger partial charge in [-0.3, -0.25) is 9.35 Å². The lowest BCUT2D eigenvalue weighted by molar-refractivity contribution is 0.0987. The van der Waals surface area contributed by atoms with Gasteiger partial charge in [-0.25, -0.2) is 4.28 Å². The van der Waals surface area contributed by atoms with E-state index in [1.54, 1.807) is 36.4 Å². The van der Waals surface area contributed by atoms with Crippen LogP contribution in [-0.4, -0.2) is 31.1 Å². The quantitative estimate of drug-likeness (QED) is 0.611. The summed E-state index contributed by atoms with van der Waals surface area (Å²) in [4.78, 5) is 14.4. The van der Waals surface area contributed by atoms with Crippen LogP contribution in [-0.2, 0) is 14.7 Å². The second-order valence-corrected chi connectivity index (χ2v) is 7.24. The standard InChI is InChI=1S/C16H12Cl2N2O5S/c17-10-5-6-11(13(18)9-10)16(21)20-8-7-14(19-25-26(22,23)24)12-3-1-2-4-15(12)20/h1-6,9H,7-8H2,(H,22,23,24)/b19-14+. The summed E-state index contributed by atoms with van der Waals surface area (Å²) in [6, 6.07) is 11.4.